The summed E-state index contributed by atoms with van der Waals surface area (Å²) < 4.78 is 19.5. The Balaban J connectivity index is 2.29. The third-order valence-corrected chi connectivity index (χ3v) is 3.71. The lowest BCUT2D eigenvalue weighted by atomic mass is 10.1. The minimum absolute atomic E-state index is 0.0628. The van der Waals surface area contributed by atoms with E-state index in [0.29, 0.717) is 11.7 Å². The summed E-state index contributed by atoms with van der Waals surface area (Å²) in [7, 11) is 4.13. The third kappa shape index (κ3) is 3.79. The van der Waals surface area contributed by atoms with Gasteiger partial charge in [0.1, 0.15) is 0 Å². The van der Waals surface area contributed by atoms with Gasteiger partial charge in [0, 0.05) is 31.3 Å². The number of anilines is 2. The molecule has 0 aliphatic carbocycles. The predicted molar refractivity (Wildman–Crippen MR) is 85.5 cm³/mol. The smallest absolute Gasteiger partial charge is 0.167 e. The van der Waals surface area contributed by atoms with Gasteiger partial charge in [-0.05, 0) is 40.8 Å². The number of benzene rings is 1. The molecule has 2 rings (SSSR count). The largest absolute Gasteiger partial charge is 0.488 e. The standard InChI is InChI=1S/C16H26FN3O/c1-11(2)21-16-9-15(14(18)8-13(16)17)20-7-5-6-12(20)10-19(3)4/h8-9,11-12H,5-7,10,18H2,1-4H3. The van der Waals surface area contributed by atoms with Crippen LogP contribution < -0.4 is 15.4 Å². The molecular weight excluding hydrogens is 269 g/mol. The molecule has 1 aromatic rings. The minimum atomic E-state index is -0.395. The van der Waals surface area contributed by atoms with E-state index in [2.05, 4.69) is 23.9 Å². The molecule has 1 fully saturated rings. The Morgan fingerprint density at radius 3 is 2.76 bits per heavy atom. The van der Waals surface area contributed by atoms with E-state index < -0.39 is 5.82 Å². The van der Waals surface area contributed by atoms with Crippen molar-refractivity contribution < 1.29 is 9.13 Å². The molecule has 1 aliphatic heterocycles. The van der Waals surface area contributed by atoms with E-state index in [1.165, 1.54) is 6.07 Å². The van der Waals surface area contributed by atoms with Crippen LogP contribution in [0, 0.1) is 5.82 Å². The average molecular weight is 295 g/mol. The normalized spacial score (nSPS) is 18.8. The van der Waals surface area contributed by atoms with E-state index >= 15 is 0 Å². The van der Waals surface area contributed by atoms with Gasteiger partial charge in [0.05, 0.1) is 17.5 Å². The molecule has 1 aromatic carbocycles. The maximum absolute atomic E-state index is 14.0. The summed E-state index contributed by atoms with van der Waals surface area (Å²) in [5.74, 6) is -0.113. The van der Waals surface area contributed by atoms with Crippen LogP contribution in [0.25, 0.3) is 0 Å². The van der Waals surface area contributed by atoms with E-state index in [9.17, 15) is 4.39 Å². The molecule has 2 N–H and O–H groups in total. The van der Waals surface area contributed by atoms with E-state index in [1.807, 2.05) is 13.8 Å². The number of hydrogen-bond donors (Lipinski definition) is 1. The molecule has 0 bridgehead atoms. The second kappa shape index (κ2) is 6.52. The molecule has 0 spiro atoms. The fourth-order valence-electron chi connectivity index (χ4n) is 2.92. The Labute approximate surface area is 126 Å². The molecule has 0 aromatic heterocycles. The molecule has 118 valence electrons. The summed E-state index contributed by atoms with van der Waals surface area (Å²) >= 11 is 0. The van der Waals surface area contributed by atoms with Crippen LogP contribution in [0.3, 0.4) is 0 Å². The van der Waals surface area contributed by atoms with Crippen LogP contribution in [0.15, 0.2) is 12.1 Å². The number of rotatable bonds is 5. The van der Waals surface area contributed by atoms with Crippen molar-refractivity contribution in [3.8, 4) is 5.75 Å². The first-order valence-corrected chi connectivity index (χ1v) is 7.55. The Hall–Kier alpha value is -1.49. The highest BCUT2D eigenvalue weighted by Crippen LogP contribution is 2.35. The SMILES string of the molecule is CC(C)Oc1cc(N2CCCC2CN(C)C)c(N)cc1F. The Morgan fingerprint density at radius 1 is 1.43 bits per heavy atom. The lowest BCUT2D eigenvalue weighted by Gasteiger charge is -2.30. The van der Waals surface area contributed by atoms with Crippen molar-refractivity contribution in [1.29, 1.82) is 0 Å². The van der Waals surface area contributed by atoms with Gasteiger partial charge in [-0.25, -0.2) is 4.39 Å². The van der Waals surface area contributed by atoms with Gasteiger partial charge in [-0.1, -0.05) is 0 Å². The lowest BCUT2D eigenvalue weighted by Crippen LogP contribution is -2.38. The van der Waals surface area contributed by atoms with Crippen molar-refractivity contribution in [3.05, 3.63) is 17.9 Å². The molecule has 1 aliphatic rings. The van der Waals surface area contributed by atoms with Gasteiger partial charge in [0.25, 0.3) is 0 Å². The number of ether oxygens (including phenoxy) is 1. The summed E-state index contributed by atoms with van der Waals surface area (Å²) in [5, 5.41) is 0. The van der Waals surface area contributed by atoms with Crippen molar-refractivity contribution in [1.82, 2.24) is 4.90 Å². The summed E-state index contributed by atoms with van der Waals surface area (Å²) in [4.78, 5) is 4.45. The van der Waals surface area contributed by atoms with Crippen LogP contribution in [-0.2, 0) is 0 Å². The summed E-state index contributed by atoms with van der Waals surface area (Å²) in [6.45, 7) is 5.70. The fraction of sp³-hybridized carbons (Fsp3) is 0.625. The molecule has 1 heterocycles. The molecule has 0 saturated carbocycles. The van der Waals surface area contributed by atoms with Crippen LogP contribution in [-0.4, -0.2) is 44.2 Å². The van der Waals surface area contributed by atoms with Gasteiger partial charge in [0.15, 0.2) is 11.6 Å². The number of likely N-dealkylation sites (N-methyl/N-ethyl adjacent to an activating group) is 1. The quantitative estimate of drug-likeness (QED) is 0.848. The first kappa shape index (κ1) is 15.9. The number of nitrogens with two attached hydrogens (primary N) is 1. The monoisotopic (exact) mass is 295 g/mol. The number of halogens is 1. The lowest BCUT2D eigenvalue weighted by molar-refractivity contribution is 0.231. The van der Waals surface area contributed by atoms with Crippen molar-refractivity contribution in [2.45, 2.75) is 38.8 Å². The predicted octanol–water partition coefficient (Wildman–Crippen LogP) is 2.73. The van der Waals surface area contributed by atoms with Crippen molar-refractivity contribution >= 4 is 11.4 Å². The summed E-state index contributed by atoms with van der Waals surface area (Å²) in [6, 6.07) is 3.54. The molecule has 4 nitrogen and oxygen atoms in total. The molecular formula is C16H26FN3O. The highest BCUT2D eigenvalue weighted by Gasteiger charge is 2.27. The average Bonchev–Trinajstić information content (AvgIpc) is 2.79. The van der Waals surface area contributed by atoms with Crippen LogP contribution in [0.1, 0.15) is 26.7 Å². The van der Waals surface area contributed by atoms with Crippen LogP contribution >= 0.6 is 0 Å². The van der Waals surface area contributed by atoms with Crippen LogP contribution in [0.2, 0.25) is 0 Å². The Bertz CT molecular complexity index is 491. The second-order valence-corrected chi connectivity index (χ2v) is 6.26. The molecule has 1 atom stereocenters. The summed E-state index contributed by atoms with van der Waals surface area (Å²) in [5.41, 5.74) is 7.41. The maximum Gasteiger partial charge on any atom is 0.167 e. The van der Waals surface area contributed by atoms with Crippen molar-refractivity contribution in [2.24, 2.45) is 0 Å². The van der Waals surface area contributed by atoms with Gasteiger partial charge in [-0.3, -0.25) is 0 Å². The number of hydrogen-bond acceptors (Lipinski definition) is 4. The highest BCUT2D eigenvalue weighted by atomic mass is 19.1. The zero-order valence-electron chi connectivity index (χ0n) is 13.4. The van der Waals surface area contributed by atoms with Gasteiger partial charge in [-0.15, -0.1) is 0 Å². The molecule has 21 heavy (non-hydrogen) atoms. The van der Waals surface area contributed by atoms with E-state index in [1.54, 1.807) is 6.07 Å². The first-order chi connectivity index (χ1) is 9.88. The van der Waals surface area contributed by atoms with E-state index in [-0.39, 0.29) is 11.9 Å². The molecule has 1 saturated heterocycles. The molecule has 1 unspecified atom stereocenters. The first-order valence-electron chi connectivity index (χ1n) is 7.55. The van der Waals surface area contributed by atoms with Gasteiger partial charge in [0.2, 0.25) is 0 Å². The maximum atomic E-state index is 14.0. The van der Waals surface area contributed by atoms with E-state index in [0.717, 1.165) is 31.6 Å². The van der Waals surface area contributed by atoms with Gasteiger partial charge >= 0.3 is 0 Å². The molecule has 0 amide bonds. The molecule has 5 heteroatoms. The topological polar surface area (TPSA) is 41.7 Å². The number of nitrogens with zero attached hydrogens (tertiary/aromatic N) is 2. The van der Waals surface area contributed by atoms with E-state index in [4.69, 9.17) is 10.5 Å². The summed E-state index contributed by atoms with van der Waals surface area (Å²) in [6.07, 6.45) is 2.21. The zero-order valence-corrected chi connectivity index (χ0v) is 13.4. The highest BCUT2D eigenvalue weighted by molar-refractivity contribution is 5.71. The van der Waals surface area contributed by atoms with Crippen molar-refractivity contribution in [2.75, 3.05) is 37.8 Å². The van der Waals surface area contributed by atoms with Crippen LogP contribution in [0.4, 0.5) is 15.8 Å². The van der Waals surface area contributed by atoms with Crippen LogP contribution in [0.5, 0.6) is 5.75 Å². The second-order valence-electron chi connectivity index (χ2n) is 6.26. The fourth-order valence-corrected chi connectivity index (χ4v) is 2.92. The Morgan fingerprint density at radius 2 is 2.14 bits per heavy atom. The zero-order chi connectivity index (χ0) is 15.6. The number of nitrogen functional groups attached to an aromatic ring is 1. The Kier molecular flexibility index (Phi) is 4.93. The van der Waals surface area contributed by atoms with Gasteiger partial charge < -0.3 is 20.3 Å². The molecule has 0 radical (unpaired) electrons. The minimum Gasteiger partial charge on any atom is -0.488 e. The van der Waals surface area contributed by atoms with Gasteiger partial charge in [-0.2, -0.15) is 0 Å². The van der Waals surface area contributed by atoms with Crippen molar-refractivity contribution in [3.63, 3.8) is 0 Å². The third-order valence-electron chi connectivity index (χ3n) is 3.71.